The molecule has 0 aliphatic carbocycles. The lowest BCUT2D eigenvalue weighted by molar-refractivity contribution is 0.352. The van der Waals surface area contributed by atoms with Crippen molar-refractivity contribution in [3.63, 3.8) is 0 Å². The summed E-state index contributed by atoms with van der Waals surface area (Å²) in [7, 11) is 0. The van der Waals surface area contributed by atoms with Gasteiger partial charge in [-0.05, 0) is 25.4 Å². The van der Waals surface area contributed by atoms with Gasteiger partial charge in [-0.2, -0.15) is 4.98 Å². The first-order valence-electron chi connectivity index (χ1n) is 5.29. The summed E-state index contributed by atoms with van der Waals surface area (Å²) < 4.78 is 5.20. The topological polar surface area (TPSA) is 51.0 Å². The molecule has 2 rings (SSSR count). The molecular weight excluding hydrogens is 178 g/mol. The molecule has 1 N–H and O–H groups in total. The fraction of sp³-hybridized carbons (Fsp3) is 0.800. The van der Waals surface area contributed by atoms with E-state index in [9.17, 15) is 0 Å². The molecule has 1 fully saturated rings. The van der Waals surface area contributed by atoms with Gasteiger partial charge in [-0.15, -0.1) is 0 Å². The number of hydrogen-bond donors (Lipinski definition) is 1. The summed E-state index contributed by atoms with van der Waals surface area (Å²) >= 11 is 0. The molecule has 4 nitrogen and oxygen atoms in total. The van der Waals surface area contributed by atoms with E-state index in [4.69, 9.17) is 4.52 Å². The highest BCUT2D eigenvalue weighted by atomic mass is 16.5. The average Bonchev–Trinajstić information content (AvgIpc) is 2.75. The van der Waals surface area contributed by atoms with Crippen LogP contribution < -0.4 is 5.32 Å². The zero-order chi connectivity index (χ0) is 9.97. The third-order valence-corrected chi connectivity index (χ3v) is 2.63. The maximum Gasteiger partial charge on any atom is 0.226 e. The van der Waals surface area contributed by atoms with E-state index in [1.165, 1.54) is 6.42 Å². The van der Waals surface area contributed by atoms with E-state index in [1.807, 2.05) is 0 Å². The van der Waals surface area contributed by atoms with Crippen LogP contribution in [0.3, 0.4) is 0 Å². The Morgan fingerprint density at radius 2 is 2.43 bits per heavy atom. The SMILES string of the molecule is CC(C)c1noc(CC2CCNC2)n1. The Balaban J connectivity index is 1.95. The summed E-state index contributed by atoms with van der Waals surface area (Å²) in [6.45, 7) is 6.35. The first-order chi connectivity index (χ1) is 6.75. The molecule has 4 heteroatoms. The Morgan fingerprint density at radius 3 is 3.00 bits per heavy atom. The molecule has 1 unspecified atom stereocenters. The van der Waals surface area contributed by atoms with Crippen molar-refractivity contribution >= 4 is 0 Å². The number of nitrogens with one attached hydrogen (secondary N) is 1. The van der Waals surface area contributed by atoms with Crippen molar-refractivity contribution in [3.05, 3.63) is 11.7 Å². The van der Waals surface area contributed by atoms with Crippen LogP contribution in [0.5, 0.6) is 0 Å². The third kappa shape index (κ3) is 2.12. The Bertz CT molecular complexity index is 289. The lowest BCUT2D eigenvalue weighted by Gasteiger charge is -2.01. The van der Waals surface area contributed by atoms with Crippen LogP contribution in [0.1, 0.15) is 37.9 Å². The molecule has 14 heavy (non-hydrogen) atoms. The van der Waals surface area contributed by atoms with E-state index in [-0.39, 0.29) is 0 Å². The predicted octanol–water partition coefficient (Wildman–Crippen LogP) is 1.34. The molecule has 0 radical (unpaired) electrons. The van der Waals surface area contributed by atoms with Gasteiger partial charge in [0.25, 0.3) is 0 Å². The minimum atomic E-state index is 0.356. The highest BCUT2D eigenvalue weighted by molar-refractivity contribution is 4.93. The van der Waals surface area contributed by atoms with Crippen molar-refractivity contribution in [1.29, 1.82) is 0 Å². The summed E-state index contributed by atoms with van der Waals surface area (Å²) in [4.78, 5) is 4.37. The highest BCUT2D eigenvalue weighted by Crippen LogP contribution is 2.16. The van der Waals surface area contributed by atoms with Crippen molar-refractivity contribution < 1.29 is 4.52 Å². The van der Waals surface area contributed by atoms with Crippen LogP contribution in [0.2, 0.25) is 0 Å². The van der Waals surface area contributed by atoms with Gasteiger partial charge in [-0.3, -0.25) is 0 Å². The second-order valence-corrected chi connectivity index (χ2v) is 4.26. The van der Waals surface area contributed by atoms with Crippen molar-refractivity contribution in [2.75, 3.05) is 13.1 Å². The standard InChI is InChI=1S/C10H17N3O/c1-7(2)10-12-9(14-13-10)5-8-3-4-11-6-8/h7-8,11H,3-6H2,1-2H3. The summed E-state index contributed by atoms with van der Waals surface area (Å²) in [5, 5.41) is 7.28. The quantitative estimate of drug-likeness (QED) is 0.791. The van der Waals surface area contributed by atoms with Gasteiger partial charge >= 0.3 is 0 Å². The number of hydrogen-bond acceptors (Lipinski definition) is 4. The van der Waals surface area contributed by atoms with Crippen molar-refractivity contribution in [3.8, 4) is 0 Å². The van der Waals surface area contributed by atoms with E-state index in [2.05, 4.69) is 29.3 Å². The van der Waals surface area contributed by atoms with Crippen LogP contribution in [0.4, 0.5) is 0 Å². The molecule has 1 aromatic heterocycles. The molecular formula is C10H17N3O. The zero-order valence-corrected chi connectivity index (χ0v) is 8.79. The molecule has 0 amide bonds. The molecule has 0 spiro atoms. The van der Waals surface area contributed by atoms with E-state index in [0.29, 0.717) is 11.8 Å². The molecule has 78 valence electrons. The van der Waals surface area contributed by atoms with Gasteiger partial charge in [0, 0.05) is 12.3 Å². The van der Waals surface area contributed by atoms with Gasteiger partial charge in [0.15, 0.2) is 5.82 Å². The van der Waals surface area contributed by atoms with Gasteiger partial charge in [0.2, 0.25) is 5.89 Å². The predicted molar refractivity (Wildman–Crippen MR) is 53.1 cm³/mol. The molecule has 0 aromatic carbocycles. The average molecular weight is 195 g/mol. The van der Waals surface area contributed by atoms with Crippen LogP contribution >= 0.6 is 0 Å². The van der Waals surface area contributed by atoms with Gasteiger partial charge < -0.3 is 9.84 Å². The van der Waals surface area contributed by atoms with Crippen LogP contribution in [-0.4, -0.2) is 23.2 Å². The smallest absolute Gasteiger partial charge is 0.226 e. The lowest BCUT2D eigenvalue weighted by atomic mass is 10.1. The lowest BCUT2D eigenvalue weighted by Crippen LogP contribution is -2.10. The molecule has 1 atom stereocenters. The summed E-state index contributed by atoms with van der Waals surface area (Å²) in [5.74, 6) is 2.65. The highest BCUT2D eigenvalue weighted by Gasteiger charge is 2.18. The maximum atomic E-state index is 5.20. The minimum absolute atomic E-state index is 0.356. The Labute approximate surface area is 84.1 Å². The molecule has 1 aliphatic rings. The fourth-order valence-electron chi connectivity index (χ4n) is 1.72. The number of rotatable bonds is 3. The van der Waals surface area contributed by atoms with Crippen LogP contribution in [0, 0.1) is 5.92 Å². The first-order valence-corrected chi connectivity index (χ1v) is 5.29. The second kappa shape index (κ2) is 4.09. The van der Waals surface area contributed by atoms with Crippen molar-refractivity contribution in [1.82, 2.24) is 15.5 Å². The summed E-state index contributed by atoms with van der Waals surface area (Å²) in [6, 6.07) is 0. The molecule has 2 heterocycles. The molecule has 1 aliphatic heterocycles. The normalized spacial score (nSPS) is 22.1. The molecule has 0 saturated carbocycles. The van der Waals surface area contributed by atoms with Gasteiger partial charge in [-0.1, -0.05) is 19.0 Å². The maximum absolute atomic E-state index is 5.20. The van der Waals surface area contributed by atoms with E-state index in [0.717, 1.165) is 31.2 Å². The van der Waals surface area contributed by atoms with E-state index >= 15 is 0 Å². The summed E-state index contributed by atoms with van der Waals surface area (Å²) in [6.07, 6.45) is 2.14. The number of aromatic nitrogens is 2. The number of nitrogens with zero attached hydrogens (tertiary/aromatic N) is 2. The minimum Gasteiger partial charge on any atom is -0.339 e. The fourth-order valence-corrected chi connectivity index (χ4v) is 1.72. The van der Waals surface area contributed by atoms with E-state index in [1.54, 1.807) is 0 Å². The summed E-state index contributed by atoms with van der Waals surface area (Å²) in [5.41, 5.74) is 0. The Kier molecular flexibility index (Phi) is 2.82. The van der Waals surface area contributed by atoms with Gasteiger partial charge in [0.1, 0.15) is 0 Å². The largest absolute Gasteiger partial charge is 0.339 e. The zero-order valence-electron chi connectivity index (χ0n) is 8.79. The van der Waals surface area contributed by atoms with Crippen molar-refractivity contribution in [2.24, 2.45) is 5.92 Å². The van der Waals surface area contributed by atoms with Crippen LogP contribution in [-0.2, 0) is 6.42 Å². The molecule has 1 aromatic rings. The monoisotopic (exact) mass is 195 g/mol. The van der Waals surface area contributed by atoms with Crippen LogP contribution in [0.15, 0.2) is 4.52 Å². The van der Waals surface area contributed by atoms with Gasteiger partial charge in [-0.25, -0.2) is 0 Å². The Hall–Kier alpha value is -0.900. The third-order valence-electron chi connectivity index (χ3n) is 2.63. The van der Waals surface area contributed by atoms with E-state index < -0.39 is 0 Å². The molecule has 0 bridgehead atoms. The van der Waals surface area contributed by atoms with Crippen molar-refractivity contribution in [2.45, 2.75) is 32.6 Å². The Morgan fingerprint density at radius 1 is 1.57 bits per heavy atom. The molecule has 1 saturated heterocycles. The second-order valence-electron chi connectivity index (χ2n) is 4.26. The van der Waals surface area contributed by atoms with Gasteiger partial charge in [0.05, 0.1) is 0 Å². The first kappa shape index (κ1) is 9.65. The van der Waals surface area contributed by atoms with Crippen LogP contribution in [0.25, 0.3) is 0 Å².